The van der Waals surface area contributed by atoms with Gasteiger partial charge in [-0.2, -0.15) is 12.6 Å². The van der Waals surface area contributed by atoms with Gasteiger partial charge in [-0.15, -0.1) is 0 Å². The van der Waals surface area contributed by atoms with Crippen LogP contribution >= 0.6 is 12.6 Å². The lowest BCUT2D eigenvalue weighted by Crippen LogP contribution is -2.48. The van der Waals surface area contributed by atoms with Gasteiger partial charge in [-0.3, -0.25) is 9.69 Å². The Kier molecular flexibility index (Phi) is 5.35. The number of oxazole rings is 1. The normalized spacial score (nSPS) is 15.8. The zero-order chi connectivity index (χ0) is 16.1. The number of piperazine rings is 1. The number of hydrogen-bond acceptors (Lipinski definition) is 5. The Morgan fingerprint density at radius 3 is 2.61 bits per heavy atom. The maximum atomic E-state index is 11.9. The van der Waals surface area contributed by atoms with Crippen LogP contribution in [0.1, 0.15) is 12.1 Å². The molecule has 1 aromatic carbocycles. The molecule has 2 aromatic rings. The van der Waals surface area contributed by atoms with Crippen LogP contribution in [0.2, 0.25) is 0 Å². The molecule has 0 aliphatic carbocycles. The summed E-state index contributed by atoms with van der Waals surface area (Å²) in [7, 11) is 0. The highest BCUT2D eigenvalue weighted by Crippen LogP contribution is 2.19. The second-order valence-electron chi connectivity index (χ2n) is 5.64. The predicted octanol–water partition coefficient (Wildman–Crippen LogP) is 2.31. The number of rotatable bonds is 5. The van der Waals surface area contributed by atoms with Crippen molar-refractivity contribution < 1.29 is 9.21 Å². The molecule has 0 atom stereocenters. The van der Waals surface area contributed by atoms with Crippen LogP contribution in [-0.4, -0.2) is 52.6 Å². The van der Waals surface area contributed by atoms with Gasteiger partial charge in [-0.1, -0.05) is 18.2 Å². The first-order chi connectivity index (χ1) is 11.3. The summed E-state index contributed by atoms with van der Waals surface area (Å²) in [5.74, 6) is 1.47. The number of amides is 1. The highest BCUT2D eigenvalue weighted by Gasteiger charge is 2.21. The van der Waals surface area contributed by atoms with E-state index < -0.39 is 0 Å². The van der Waals surface area contributed by atoms with Crippen molar-refractivity contribution in [2.24, 2.45) is 0 Å². The third-order valence-corrected chi connectivity index (χ3v) is 4.23. The number of benzene rings is 1. The molecule has 1 aromatic heterocycles. The van der Waals surface area contributed by atoms with E-state index in [0.29, 0.717) is 18.1 Å². The van der Waals surface area contributed by atoms with Crippen molar-refractivity contribution in [1.82, 2.24) is 14.8 Å². The Morgan fingerprint density at radius 2 is 1.91 bits per heavy atom. The molecule has 2 heterocycles. The molecule has 1 fully saturated rings. The summed E-state index contributed by atoms with van der Waals surface area (Å²) in [6.07, 6.45) is 2.24. The maximum absolute atomic E-state index is 11.9. The summed E-state index contributed by atoms with van der Waals surface area (Å²) >= 11 is 4.12. The third-order valence-electron chi connectivity index (χ3n) is 4.01. The minimum Gasteiger partial charge on any atom is -0.444 e. The highest BCUT2D eigenvalue weighted by molar-refractivity contribution is 7.80. The van der Waals surface area contributed by atoms with Crippen molar-refractivity contribution >= 4 is 18.5 Å². The van der Waals surface area contributed by atoms with Gasteiger partial charge in [-0.25, -0.2) is 4.98 Å². The van der Waals surface area contributed by atoms with Crippen molar-refractivity contribution in [2.45, 2.75) is 13.0 Å². The molecule has 0 N–H and O–H groups in total. The molecule has 1 saturated heterocycles. The topological polar surface area (TPSA) is 49.6 Å². The van der Waals surface area contributed by atoms with Crippen LogP contribution in [0.5, 0.6) is 0 Å². The molecular formula is C17H21N3O2S. The van der Waals surface area contributed by atoms with Gasteiger partial charge in [0.25, 0.3) is 0 Å². The predicted molar refractivity (Wildman–Crippen MR) is 92.3 cm³/mol. The molecule has 1 aliphatic heterocycles. The summed E-state index contributed by atoms with van der Waals surface area (Å²) < 4.78 is 5.57. The number of nitrogens with zero attached hydrogens (tertiary/aromatic N) is 3. The highest BCUT2D eigenvalue weighted by atomic mass is 32.1. The van der Waals surface area contributed by atoms with E-state index >= 15 is 0 Å². The smallest absolute Gasteiger partial charge is 0.226 e. The maximum Gasteiger partial charge on any atom is 0.226 e. The van der Waals surface area contributed by atoms with Gasteiger partial charge in [0.15, 0.2) is 0 Å². The van der Waals surface area contributed by atoms with E-state index in [1.54, 1.807) is 6.26 Å². The van der Waals surface area contributed by atoms with Crippen LogP contribution in [0.4, 0.5) is 0 Å². The number of hydrogen-bond donors (Lipinski definition) is 1. The lowest BCUT2D eigenvalue weighted by molar-refractivity contribution is -0.132. The second-order valence-corrected chi connectivity index (χ2v) is 6.09. The van der Waals surface area contributed by atoms with Crippen LogP contribution in [0.3, 0.4) is 0 Å². The first-order valence-electron chi connectivity index (χ1n) is 7.87. The van der Waals surface area contributed by atoms with E-state index in [9.17, 15) is 4.79 Å². The first kappa shape index (κ1) is 16.1. The lowest BCUT2D eigenvalue weighted by Gasteiger charge is -2.34. The molecule has 0 unspecified atom stereocenters. The summed E-state index contributed by atoms with van der Waals surface area (Å²) in [4.78, 5) is 20.6. The zero-order valence-electron chi connectivity index (χ0n) is 13.0. The van der Waals surface area contributed by atoms with E-state index in [1.165, 1.54) is 0 Å². The standard InChI is InChI=1S/C17H21N3O2S/c21-16(6-11-23)20-9-7-19(8-10-20)12-15-13-22-17(18-15)14-4-2-1-3-5-14/h1-5,13,23H,6-12H2. The van der Waals surface area contributed by atoms with Crippen molar-refractivity contribution in [3.05, 3.63) is 42.3 Å². The van der Waals surface area contributed by atoms with Crippen molar-refractivity contribution in [3.8, 4) is 11.5 Å². The Hall–Kier alpha value is -1.79. The van der Waals surface area contributed by atoms with E-state index in [0.717, 1.165) is 44.0 Å². The molecule has 1 aliphatic rings. The zero-order valence-corrected chi connectivity index (χ0v) is 13.9. The Bertz CT molecular complexity index is 636. The molecular weight excluding hydrogens is 310 g/mol. The van der Waals surface area contributed by atoms with Crippen LogP contribution in [-0.2, 0) is 11.3 Å². The number of carbonyl (C=O) groups is 1. The Morgan fingerprint density at radius 1 is 1.17 bits per heavy atom. The molecule has 3 rings (SSSR count). The first-order valence-corrected chi connectivity index (χ1v) is 8.50. The van der Waals surface area contributed by atoms with E-state index in [4.69, 9.17) is 4.42 Å². The fourth-order valence-corrected chi connectivity index (χ4v) is 2.92. The van der Waals surface area contributed by atoms with Crippen LogP contribution in [0, 0.1) is 0 Å². The van der Waals surface area contributed by atoms with Crippen LogP contribution in [0.15, 0.2) is 41.0 Å². The van der Waals surface area contributed by atoms with Crippen molar-refractivity contribution in [1.29, 1.82) is 0 Å². The molecule has 5 nitrogen and oxygen atoms in total. The second kappa shape index (κ2) is 7.66. The number of aromatic nitrogens is 1. The summed E-state index contributed by atoms with van der Waals surface area (Å²) in [6, 6.07) is 9.89. The molecule has 23 heavy (non-hydrogen) atoms. The Labute approximate surface area is 141 Å². The van der Waals surface area contributed by atoms with E-state index in [1.807, 2.05) is 35.2 Å². The third kappa shape index (κ3) is 4.14. The number of carbonyl (C=O) groups excluding carboxylic acids is 1. The summed E-state index contributed by atoms with van der Waals surface area (Å²) in [5.41, 5.74) is 1.92. The molecule has 6 heteroatoms. The molecule has 122 valence electrons. The molecule has 0 saturated carbocycles. The molecule has 0 spiro atoms. The summed E-state index contributed by atoms with van der Waals surface area (Å²) in [5, 5.41) is 0. The van der Waals surface area contributed by atoms with Gasteiger partial charge in [0.2, 0.25) is 11.8 Å². The SMILES string of the molecule is O=C(CCS)N1CCN(Cc2coc(-c3ccccc3)n2)CC1. The van der Waals surface area contributed by atoms with Crippen LogP contribution < -0.4 is 0 Å². The molecule has 1 amide bonds. The minimum atomic E-state index is 0.201. The van der Waals surface area contributed by atoms with Crippen molar-refractivity contribution in [3.63, 3.8) is 0 Å². The van der Waals surface area contributed by atoms with E-state index in [2.05, 4.69) is 22.5 Å². The van der Waals surface area contributed by atoms with Crippen molar-refractivity contribution in [2.75, 3.05) is 31.9 Å². The number of thiol groups is 1. The minimum absolute atomic E-state index is 0.201. The Balaban J connectivity index is 1.53. The van der Waals surface area contributed by atoms with Gasteiger partial charge in [-0.05, 0) is 17.9 Å². The average Bonchev–Trinajstić information content (AvgIpc) is 3.05. The van der Waals surface area contributed by atoms with Crippen LogP contribution in [0.25, 0.3) is 11.5 Å². The lowest BCUT2D eigenvalue weighted by atomic mass is 10.2. The fraction of sp³-hybridized carbons (Fsp3) is 0.412. The average molecular weight is 331 g/mol. The quantitative estimate of drug-likeness (QED) is 0.854. The van der Waals surface area contributed by atoms with Gasteiger partial charge in [0, 0.05) is 44.7 Å². The largest absolute Gasteiger partial charge is 0.444 e. The fourth-order valence-electron chi connectivity index (χ4n) is 2.73. The van der Waals surface area contributed by atoms with Gasteiger partial charge >= 0.3 is 0 Å². The molecule has 0 bridgehead atoms. The summed E-state index contributed by atoms with van der Waals surface area (Å²) in [6.45, 7) is 4.04. The molecule has 0 radical (unpaired) electrons. The monoisotopic (exact) mass is 331 g/mol. The van der Waals surface area contributed by atoms with Gasteiger partial charge in [0.05, 0.1) is 5.69 Å². The van der Waals surface area contributed by atoms with E-state index in [-0.39, 0.29) is 5.91 Å². The van der Waals surface area contributed by atoms with Gasteiger partial charge < -0.3 is 9.32 Å². The van der Waals surface area contributed by atoms with Gasteiger partial charge in [0.1, 0.15) is 6.26 Å².